The van der Waals surface area contributed by atoms with Gasteiger partial charge < -0.3 is 19.7 Å². The number of amides is 1. The molecule has 1 unspecified atom stereocenters. The SMILES string of the molecule is CN(C)C(CNC(=O)c1ccc(NS(=O)(=O)c2ccc3c(c2)OCCO3)cc1)c1cccc(F)c1. The number of benzene rings is 3. The second-order valence-corrected chi connectivity index (χ2v) is 9.92. The molecule has 0 saturated carbocycles. The van der Waals surface area contributed by atoms with Crippen molar-refractivity contribution in [3.8, 4) is 11.5 Å². The van der Waals surface area contributed by atoms with Crippen molar-refractivity contribution in [2.45, 2.75) is 10.9 Å². The smallest absolute Gasteiger partial charge is 0.262 e. The first-order valence-corrected chi connectivity index (χ1v) is 12.4. The molecule has 1 atom stereocenters. The van der Waals surface area contributed by atoms with Crippen LogP contribution in [-0.4, -0.2) is 53.1 Å². The Morgan fingerprint density at radius 3 is 2.40 bits per heavy atom. The number of carbonyl (C=O) groups is 1. The molecule has 1 amide bonds. The van der Waals surface area contributed by atoms with E-state index in [1.165, 1.54) is 48.5 Å². The highest BCUT2D eigenvalue weighted by atomic mass is 32.2. The molecule has 184 valence electrons. The quantitative estimate of drug-likeness (QED) is 0.493. The predicted molar refractivity (Wildman–Crippen MR) is 130 cm³/mol. The maximum atomic E-state index is 13.6. The highest BCUT2D eigenvalue weighted by molar-refractivity contribution is 7.92. The minimum atomic E-state index is -3.87. The second-order valence-electron chi connectivity index (χ2n) is 8.23. The van der Waals surface area contributed by atoms with E-state index < -0.39 is 10.0 Å². The summed E-state index contributed by atoms with van der Waals surface area (Å²) >= 11 is 0. The lowest BCUT2D eigenvalue weighted by Crippen LogP contribution is -2.34. The maximum absolute atomic E-state index is 13.6. The second kappa shape index (κ2) is 10.3. The molecule has 0 saturated heterocycles. The Morgan fingerprint density at radius 2 is 1.71 bits per heavy atom. The molecular formula is C25H26FN3O5S. The number of sulfonamides is 1. The number of hydrogen-bond acceptors (Lipinski definition) is 6. The number of nitrogens with zero attached hydrogens (tertiary/aromatic N) is 1. The molecule has 35 heavy (non-hydrogen) atoms. The molecule has 8 nitrogen and oxygen atoms in total. The fraction of sp³-hybridized carbons (Fsp3) is 0.240. The molecule has 3 aromatic carbocycles. The van der Waals surface area contributed by atoms with Crippen LogP contribution in [0.1, 0.15) is 22.0 Å². The van der Waals surface area contributed by atoms with Gasteiger partial charge in [0, 0.05) is 23.9 Å². The van der Waals surface area contributed by atoms with Gasteiger partial charge in [0.25, 0.3) is 15.9 Å². The van der Waals surface area contributed by atoms with Crippen LogP contribution >= 0.6 is 0 Å². The van der Waals surface area contributed by atoms with Gasteiger partial charge in [-0.25, -0.2) is 12.8 Å². The van der Waals surface area contributed by atoms with Crippen molar-refractivity contribution in [3.63, 3.8) is 0 Å². The van der Waals surface area contributed by atoms with Gasteiger partial charge >= 0.3 is 0 Å². The van der Waals surface area contributed by atoms with Crippen molar-refractivity contribution in [3.05, 3.63) is 83.7 Å². The van der Waals surface area contributed by atoms with E-state index in [0.29, 0.717) is 36.0 Å². The zero-order valence-electron chi connectivity index (χ0n) is 19.3. The maximum Gasteiger partial charge on any atom is 0.262 e. The third kappa shape index (κ3) is 5.90. The summed E-state index contributed by atoms with van der Waals surface area (Å²) < 4.78 is 52.6. The van der Waals surface area contributed by atoms with Gasteiger partial charge in [0.1, 0.15) is 19.0 Å². The summed E-state index contributed by atoms with van der Waals surface area (Å²) in [4.78, 5) is 14.6. The topological polar surface area (TPSA) is 97.0 Å². The summed E-state index contributed by atoms with van der Waals surface area (Å²) in [7, 11) is -0.164. The van der Waals surface area contributed by atoms with E-state index in [2.05, 4.69) is 10.0 Å². The Hall–Kier alpha value is -3.63. The monoisotopic (exact) mass is 499 g/mol. The van der Waals surface area contributed by atoms with Crippen LogP contribution in [0.4, 0.5) is 10.1 Å². The van der Waals surface area contributed by atoms with Gasteiger partial charge in [-0.3, -0.25) is 9.52 Å². The molecule has 3 aromatic rings. The van der Waals surface area contributed by atoms with E-state index in [4.69, 9.17) is 9.47 Å². The van der Waals surface area contributed by atoms with E-state index in [9.17, 15) is 17.6 Å². The number of hydrogen-bond donors (Lipinski definition) is 2. The van der Waals surface area contributed by atoms with E-state index in [1.54, 1.807) is 12.1 Å². The minimum Gasteiger partial charge on any atom is -0.486 e. The van der Waals surface area contributed by atoms with Crippen molar-refractivity contribution in [1.29, 1.82) is 0 Å². The van der Waals surface area contributed by atoms with Crippen LogP contribution in [0, 0.1) is 5.82 Å². The molecule has 2 N–H and O–H groups in total. The lowest BCUT2D eigenvalue weighted by Gasteiger charge is -2.25. The van der Waals surface area contributed by atoms with Crippen LogP contribution in [0.5, 0.6) is 11.5 Å². The lowest BCUT2D eigenvalue weighted by atomic mass is 10.1. The first-order chi connectivity index (χ1) is 16.7. The molecule has 4 rings (SSSR count). The van der Waals surface area contributed by atoms with Crippen molar-refractivity contribution in [2.75, 3.05) is 38.6 Å². The van der Waals surface area contributed by atoms with E-state index in [0.717, 1.165) is 5.56 Å². The Labute approximate surface area is 203 Å². The summed E-state index contributed by atoms with van der Waals surface area (Å²) in [6.07, 6.45) is 0. The molecule has 0 aliphatic carbocycles. The first-order valence-electron chi connectivity index (χ1n) is 11.0. The Balaban J connectivity index is 1.40. The Morgan fingerprint density at radius 1 is 1.00 bits per heavy atom. The molecule has 1 aliphatic rings. The fourth-order valence-electron chi connectivity index (χ4n) is 3.70. The highest BCUT2D eigenvalue weighted by Gasteiger charge is 2.20. The Kier molecular flexibility index (Phi) is 7.23. The third-order valence-corrected chi connectivity index (χ3v) is 6.91. The summed E-state index contributed by atoms with van der Waals surface area (Å²) in [5, 5.41) is 2.85. The summed E-state index contributed by atoms with van der Waals surface area (Å²) in [6.45, 7) is 1.04. The average Bonchev–Trinajstić information content (AvgIpc) is 2.84. The molecule has 10 heteroatoms. The number of likely N-dealkylation sites (N-methyl/N-ethyl adjacent to an activating group) is 1. The number of fused-ring (bicyclic) bond motifs is 1. The van der Waals surface area contributed by atoms with Crippen LogP contribution in [0.15, 0.2) is 71.6 Å². The summed E-state index contributed by atoms with van der Waals surface area (Å²) in [6, 6.07) is 16.5. The van der Waals surface area contributed by atoms with Gasteiger partial charge in [0.05, 0.1) is 10.9 Å². The van der Waals surface area contributed by atoms with Gasteiger partial charge in [0.2, 0.25) is 0 Å². The number of halogens is 1. The van der Waals surface area contributed by atoms with Crippen LogP contribution in [0.25, 0.3) is 0 Å². The van der Waals surface area contributed by atoms with Crippen molar-refractivity contribution in [2.24, 2.45) is 0 Å². The zero-order chi connectivity index (χ0) is 25.0. The van der Waals surface area contributed by atoms with Crippen LogP contribution in [0.3, 0.4) is 0 Å². The molecule has 0 spiro atoms. The number of nitrogens with one attached hydrogen (secondary N) is 2. The summed E-state index contributed by atoms with van der Waals surface area (Å²) in [5.74, 6) is 0.212. The van der Waals surface area contributed by atoms with E-state index in [-0.39, 0.29) is 29.2 Å². The third-order valence-electron chi connectivity index (χ3n) is 5.54. The largest absolute Gasteiger partial charge is 0.486 e. The van der Waals surface area contributed by atoms with Crippen LogP contribution in [-0.2, 0) is 10.0 Å². The standard InChI is InChI=1S/C25H26FN3O5S/c1-29(2)22(18-4-3-5-19(26)14-18)16-27-25(30)17-6-8-20(9-7-17)28-35(31,32)21-10-11-23-24(15-21)34-13-12-33-23/h3-11,14-15,22,28H,12-13,16H2,1-2H3,(H,27,30). The first kappa shape index (κ1) is 24.5. The molecule has 0 bridgehead atoms. The number of ether oxygens (including phenoxy) is 2. The number of anilines is 1. The van der Waals surface area contributed by atoms with E-state index in [1.807, 2.05) is 25.1 Å². The minimum absolute atomic E-state index is 0.0376. The Bertz CT molecular complexity index is 1310. The van der Waals surface area contributed by atoms with Gasteiger partial charge in [0.15, 0.2) is 11.5 Å². The average molecular weight is 500 g/mol. The molecule has 1 heterocycles. The zero-order valence-corrected chi connectivity index (χ0v) is 20.1. The van der Waals surface area contributed by atoms with Crippen LogP contribution in [0.2, 0.25) is 0 Å². The van der Waals surface area contributed by atoms with Crippen molar-refractivity contribution in [1.82, 2.24) is 10.2 Å². The lowest BCUT2D eigenvalue weighted by molar-refractivity contribution is 0.0942. The van der Waals surface area contributed by atoms with Gasteiger partial charge in [-0.1, -0.05) is 12.1 Å². The van der Waals surface area contributed by atoms with Gasteiger partial charge in [-0.2, -0.15) is 0 Å². The van der Waals surface area contributed by atoms with Crippen molar-refractivity contribution < 1.29 is 27.1 Å². The number of carbonyl (C=O) groups excluding carboxylic acids is 1. The predicted octanol–water partition coefficient (Wildman–Crippen LogP) is 3.43. The van der Waals surface area contributed by atoms with Gasteiger partial charge in [-0.05, 0) is 68.2 Å². The van der Waals surface area contributed by atoms with Crippen LogP contribution < -0.4 is 19.5 Å². The number of rotatable bonds is 8. The molecule has 0 fully saturated rings. The van der Waals surface area contributed by atoms with Gasteiger partial charge in [-0.15, -0.1) is 0 Å². The normalized spacial score (nSPS) is 13.8. The fourth-order valence-corrected chi connectivity index (χ4v) is 4.77. The molecule has 0 radical (unpaired) electrons. The van der Waals surface area contributed by atoms with Crippen molar-refractivity contribution >= 4 is 21.6 Å². The molecule has 0 aromatic heterocycles. The highest BCUT2D eigenvalue weighted by Crippen LogP contribution is 2.32. The van der Waals surface area contributed by atoms with E-state index >= 15 is 0 Å². The molecular weight excluding hydrogens is 473 g/mol. The summed E-state index contributed by atoms with van der Waals surface area (Å²) in [5.41, 5.74) is 1.42. The molecule has 1 aliphatic heterocycles.